The van der Waals surface area contributed by atoms with Gasteiger partial charge >= 0.3 is 5.97 Å². The van der Waals surface area contributed by atoms with Crippen LogP contribution in [0.3, 0.4) is 0 Å². The molecule has 130 valence electrons. The predicted molar refractivity (Wildman–Crippen MR) is 99.1 cm³/mol. The second-order valence-corrected chi connectivity index (χ2v) is 6.81. The first-order valence-corrected chi connectivity index (χ1v) is 8.86. The minimum absolute atomic E-state index is 0.0641. The van der Waals surface area contributed by atoms with Crippen LogP contribution in [0.25, 0.3) is 11.1 Å². The Kier molecular flexibility index (Phi) is 5.39. The SMILES string of the molecule is O=C(O)c1ccc(-c2cc(NC(=O)C3CCCCC3)ccc2Cl)cc1. The van der Waals surface area contributed by atoms with Crippen molar-refractivity contribution < 1.29 is 14.7 Å². The molecule has 0 unspecified atom stereocenters. The van der Waals surface area contributed by atoms with Crippen molar-refractivity contribution >= 4 is 29.2 Å². The van der Waals surface area contributed by atoms with Gasteiger partial charge in [0, 0.05) is 22.2 Å². The van der Waals surface area contributed by atoms with Crippen LogP contribution in [0.1, 0.15) is 42.5 Å². The van der Waals surface area contributed by atoms with Crippen LogP contribution in [0, 0.1) is 5.92 Å². The van der Waals surface area contributed by atoms with E-state index < -0.39 is 5.97 Å². The molecule has 0 aliphatic heterocycles. The molecule has 0 bridgehead atoms. The minimum Gasteiger partial charge on any atom is -0.478 e. The van der Waals surface area contributed by atoms with E-state index in [0.29, 0.717) is 10.7 Å². The zero-order chi connectivity index (χ0) is 17.8. The van der Waals surface area contributed by atoms with E-state index in [-0.39, 0.29) is 17.4 Å². The van der Waals surface area contributed by atoms with E-state index in [0.717, 1.165) is 36.8 Å². The lowest BCUT2D eigenvalue weighted by atomic mass is 9.88. The Morgan fingerprint density at radius 2 is 1.68 bits per heavy atom. The third-order valence-electron chi connectivity index (χ3n) is 4.65. The van der Waals surface area contributed by atoms with Crippen LogP contribution < -0.4 is 5.32 Å². The fourth-order valence-electron chi connectivity index (χ4n) is 3.23. The molecule has 1 aliphatic rings. The van der Waals surface area contributed by atoms with Gasteiger partial charge < -0.3 is 10.4 Å². The highest BCUT2D eigenvalue weighted by atomic mass is 35.5. The summed E-state index contributed by atoms with van der Waals surface area (Å²) in [6, 6.07) is 11.9. The quantitative estimate of drug-likeness (QED) is 0.787. The van der Waals surface area contributed by atoms with Gasteiger partial charge in [0.05, 0.1) is 5.56 Å². The number of anilines is 1. The van der Waals surface area contributed by atoms with E-state index in [9.17, 15) is 9.59 Å². The summed E-state index contributed by atoms with van der Waals surface area (Å²) in [5.41, 5.74) is 2.50. The number of carbonyl (C=O) groups is 2. The van der Waals surface area contributed by atoms with Crippen molar-refractivity contribution in [3.63, 3.8) is 0 Å². The number of rotatable bonds is 4. The van der Waals surface area contributed by atoms with Crippen molar-refractivity contribution in [1.29, 1.82) is 0 Å². The molecular formula is C20H20ClNO3. The molecule has 1 fully saturated rings. The summed E-state index contributed by atoms with van der Waals surface area (Å²) in [6.45, 7) is 0. The normalized spacial score (nSPS) is 14.9. The van der Waals surface area contributed by atoms with Crippen molar-refractivity contribution in [2.75, 3.05) is 5.32 Å². The molecule has 1 saturated carbocycles. The third kappa shape index (κ3) is 4.20. The molecule has 0 heterocycles. The Morgan fingerprint density at radius 3 is 2.32 bits per heavy atom. The predicted octanol–water partition coefficient (Wildman–Crippen LogP) is 5.22. The molecule has 0 atom stereocenters. The molecule has 0 spiro atoms. The van der Waals surface area contributed by atoms with Crippen LogP contribution >= 0.6 is 11.6 Å². The molecule has 1 aliphatic carbocycles. The van der Waals surface area contributed by atoms with Crippen LogP contribution in [0.5, 0.6) is 0 Å². The number of carboxylic acids is 1. The second-order valence-electron chi connectivity index (χ2n) is 6.40. The van der Waals surface area contributed by atoms with Crippen molar-refractivity contribution in [3.05, 3.63) is 53.1 Å². The lowest BCUT2D eigenvalue weighted by molar-refractivity contribution is -0.120. The van der Waals surface area contributed by atoms with Gasteiger partial charge in [-0.3, -0.25) is 4.79 Å². The Hall–Kier alpha value is -2.33. The monoisotopic (exact) mass is 357 g/mol. The topological polar surface area (TPSA) is 66.4 Å². The number of carboxylic acid groups (broad SMARTS) is 1. The van der Waals surface area contributed by atoms with E-state index in [1.165, 1.54) is 6.42 Å². The van der Waals surface area contributed by atoms with Crippen molar-refractivity contribution in [2.24, 2.45) is 5.92 Å². The van der Waals surface area contributed by atoms with Crippen LogP contribution in [0.15, 0.2) is 42.5 Å². The molecule has 2 N–H and O–H groups in total. The molecule has 2 aromatic rings. The Morgan fingerprint density at radius 1 is 1.00 bits per heavy atom. The van der Waals surface area contributed by atoms with Gasteiger partial charge in [0.25, 0.3) is 0 Å². The third-order valence-corrected chi connectivity index (χ3v) is 4.98. The van der Waals surface area contributed by atoms with Crippen molar-refractivity contribution in [3.8, 4) is 11.1 Å². The number of nitrogens with one attached hydrogen (secondary N) is 1. The average molecular weight is 358 g/mol. The first-order chi connectivity index (χ1) is 12.0. The highest BCUT2D eigenvalue weighted by molar-refractivity contribution is 6.33. The molecular weight excluding hydrogens is 338 g/mol. The maximum absolute atomic E-state index is 12.4. The van der Waals surface area contributed by atoms with Crippen LogP contribution in [0.4, 0.5) is 5.69 Å². The summed E-state index contributed by atoms with van der Waals surface area (Å²) in [6.07, 6.45) is 5.33. The molecule has 0 aromatic heterocycles. The van der Waals surface area contributed by atoms with Crippen molar-refractivity contribution in [2.45, 2.75) is 32.1 Å². The Balaban J connectivity index is 1.80. The largest absolute Gasteiger partial charge is 0.478 e. The fraction of sp³-hybridized carbons (Fsp3) is 0.300. The van der Waals surface area contributed by atoms with Gasteiger partial charge in [0.1, 0.15) is 0 Å². The molecule has 4 nitrogen and oxygen atoms in total. The summed E-state index contributed by atoms with van der Waals surface area (Å²) in [7, 11) is 0. The fourth-order valence-corrected chi connectivity index (χ4v) is 3.45. The molecule has 2 aromatic carbocycles. The molecule has 0 radical (unpaired) electrons. The molecule has 25 heavy (non-hydrogen) atoms. The molecule has 5 heteroatoms. The zero-order valence-corrected chi connectivity index (χ0v) is 14.6. The van der Waals surface area contributed by atoms with Gasteiger partial charge in [-0.25, -0.2) is 4.79 Å². The number of hydrogen-bond donors (Lipinski definition) is 2. The number of benzene rings is 2. The maximum atomic E-state index is 12.4. The number of halogens is 1. The van der Waals surface area contributed by atoms with E-state index in [1.54, 1.807) is 36.4 Å². The molecule has 1 amide bonds. The summed E-state index contributed by atoms with van der Waals surface area (Å²) >= 11 is 6.29. The number of hydrogen-bond acceptors (Lipinski definition) is 2. The first kappa shape index (κ1) is 17.5. The number of aromatic carboxylic acids is 1. The summed E-state index contributed by atoms with van der Waals surface area (Å²) in [4.78, 5) is 23.4. The van der Waals surface area contributed by atoms with E-state index >= 15 is 0 Å². The van der Waals surface area contributed by atoms with Gasteiger partial charge in [0.2, 0.25) is 5.91 Å². The molecule has 0 saturated heterocycles. The lowest BCUT2D eigenvalue weighted by Crippen LogP contribution is -2.24. The average Bonchev–Trinajstić information content (AvgIpc) is 2.64. The van der Waals surface area contributed by atoms with E-state index in [2.05, 4.69) is 5.32 Å². The standard InChI is InChI=1S/C20H20ClNO3/c21-18-11-10-16(22-19(23)14-4-2-1-3-5-14)12-17(18)13-6-8-15(9-7-13)20(24)25/h6-12,14H,1-5H2,(H,22,23)(H,24,25). The van der Waals surface area contributed by atoms with Gasteiger partial charge in [0.15, 0.2) is 0 Å². The highest BCUT2D eigenvalue weighted by Crippen LogP contribution is 2.32. The van der Waals surface area contributed by atoms with E-state index in [1.807, 2.05) is 6.07 Å². The summed E-state index contributed by atoms with van der Waals surface area (Å²) in [5.74, 6) is -0.817. The van der Waals surface area contributed by atoms with Gasteiger partial charge in [-0.2, -0.15) is 0 Å². The van der Waals surface area contributed by atoms with Crippen molar-refractivity contribution in [1.82, 2.24) is 0 Å². The van der Waals surface area contributed by atoms with Gasteiger partial charge in [-0.05, 0) is 48.7 Å². The maximum Gasteiger partial charge on any atom is 0.335 e. The summed E-state index contributed by atoms with van der Waals surface area (Å²) < 4.78 is 0. The lowest BCUT2D eigenvalue weighted by Gasteiger charge is -2.21. The van der Waals surface area contributed by atoms with Crippen LogP contribution in [-0.4, -0.2) is 17.0 Å². The van der Waals surface area contributed by atoms with Gasteiger partial charge in [-0.15, -0.1) is 0 Å². The zero-order valence-electron chi connectivity index (χ0n) is 13.8. The Labute approximate surface area is 151 Å². The van der Waals surface area contributed by atoms with Crippen LogP contribution in [0.2, 0.25) is 5.02 Å². The van der Waals surface area contributed by atoms with Crippen LogP contribution in [-0.2, 0) is 4.79 Å². The summed E-state index contributed by atoms with van der Waals surface area (Å²) in [5, 5.41) is 12.5. The molecule has 3 rings (SSSR count). The number of carbonyl (C=O) groups excluding carboxylic acids is 1. The van der Waals surface area contributed by atoms with E-state index in [4.69, 9.17) is 16.7 Å². The highest BCUT2D eigenvalue weighted by Gasteiger charge is 2.21. The van der Waals surface area contributed by atoms with Gasteiger partial charge in [-0.1, -0.05) is 43.0 Å². The first-order valence-electron chi connectivity index (χ1n) is 8.49. The Bertz CT molecular complexity index is 780. The second kappa shape index (κ2) is 7.70. The minimum atomic E-state index is -0.967. The number of amides is 1. The smallest absolute Gasteiger partial charge is 0.335 e.